The van der Waals surface area contributed by atoms with Gasteiger partial charge in [-0.2, -0.15) is 0 Å². The third-order valence-corrected chi connectivity index (χ3v) is 3.71. The van der Waals surface area contributed by atoms with Crippen molar-refractivity contribution in [3.63, 3.8) is 0 Å². The van der Waals surface area contributed by atoms with Crippen LogP contribution in [0.5, 0.6) is 11.5 Å². The molecule has 0 heterocycles. The maximum absolute atomic E-state index is 11.9. The molecule has 6 nitrogen and oxygen atoms in total. The number of carbonyl (C=O) groups excluding carboxylic acids is 1. The van der Waals surface area contributed by atoms with E-state index in [-0.39, 0.29) is 17.0 Å². The number of anilines is 1. The lowest BCUT2D eigenvalue weighted by Crippen LogP contribution is -2.28. The number of hydrogen-bond donors (Lipinski definition) is 3. The molecule has 1 aliphatic rings. The minimum absolute atomic E-state index is 0.106. The van der Waals surface area contributed by atoms with Crippen LogP contribution in [0.4, 0.5) is 10.5 Å². The van der Waals surface area contributed by atoms with E-state index in [4.69, 9.17) is 9.47 Å². The van der Waals surface area contributed by atoms with Crippen LogP contribution in [0, 0.1) is 0 Å². The van der Waals surface area contributed by atoms with Crippen molar-refractivity contribution >= 4 is 11.8 Å². The Morgan fingerprint density at radius 3 is 2.41 bits per heavy atom. The molecule has 122 valence electrons. The summed E-state index contributed by atoms with van der Waals surface area (Å²) in [6.07, 6.45) is 1.39. The van der Waals surface area contributed by atoms with Crippen LogP contribution in [0.2, 0.25) is 0 Å². The molecule has 0 atom stereocenters. The van der Waals surface area contributed by atoms with Gasteiger partial charge in [0.15, 0.2) is 11.5 Å². The zero-order chi connectivity index (χ0) is 16.5. The van der Waals surface area contributed by atoms with Crippen molar-refractivity contribution in [1.29, 1.82) is 0 Å². The fourth-order valence-electron chi connectivity index (χ4n) is 2.36. The van der Waals surface area contributed by atoms with Gasteiger partial charge < -0.3 is 19.9 Å². The number of phenols is 1. The number of nitrogens with one attached hydrogen (secondary N) is 2. The predicted octanol–water partition coefficient (Wildman–Crippen LogP) is 2.96. The van der Waals surface area contributed by atoms with E-state index < -0.39 is 11.7 Å². The van der Waals surface area contributed by atoms with Crippen LogP contribution in [0.15, 0.2) is 12.1 Å². The van der Waals surface area contributed by atoms with Crippen molar-refractivity contribution in [1.82, 2.24) is 5.32 Å². The van der Waals surface area contributed by atoms with Gasteiger partial charge in [-0.25, -0.2) is 4.79 Å². The van der Waals surface area contributed by atoms with Gasteiger partial charge in [-0.1, -0.05) is 0 Å². The van der Waals surface area contributed by atoms with Crippen molar-refractivity contribution in [2.45, 2.75) is 44.8 Å². The Labute approximate surface area is 130 Å². The Morgan fingerprint density at radius 2 is 1.95 bits per heavy atom. The van der Waals surface area contributed by atoms with Crippen LogP contribution < -0.4 is 15.4 Å². The first-order valence-electron chi connectivity index (χ1n) is 7.31. The third kappa shape index (κ3) is 3.44. The lowest BCUT2D eigenvalue weighted by molar-refractivity contribution is 0.0635. The number of carbonyl (C=O) groups is 1. The second-order valence-electron chi connectivity index (χ2n) is 6.53. The summed E-state index contributed by atoms with van der Waals surface area (Å²) < 4.78 is 10.4. The summed E-state index contributed by atoms with van der Waals surface area (Å²) in [5.74, 6) is 0.217. The number of ether oxygens (including phenoxy) is 2. The quantitative estimate of drug-likeness (QED) is 0.745. The Balaban J connectivity index is 2.30. The van der Waals surface area contributed by atoms with Crippen molar-refractivity contribution in [2.75, 3.05) is 19.5 Å². The standard InChI is InChI=1S/C16H24N2O4/c1-15(2,3)22-14(20)18-11-8-10(16(17-4)6-7-16)9-12(21-5)13(11)19/h8-9,17,19H,6-7H2,1-5H3,(H,18,20). The van der Waals surface area contributed by atoms with E-state index in [2.05, 4.69) is 10.6 Å². The highest BCUT2D eigenvalue weighted by Crippen LogP contribution is 2.49. The maximum atomic E-state index is 11.9. The molecule has 1 aliphatic carbocycles. The van der Waals surface area contributed by atoms with Crippen molar-refractivity contribution in [3.8, 4) is 11.5 Å². The highest BCUT2D eigenvalue weighted by Gasteiger charge is 2.43. The summed E-state index contributed by atoms with van der Waals surface area (Å²) in [5.41, 5.74) is 0.538. The topological polar surface area (TPSA) is 79.8 Å². The monoisotopic (exact) mass is 308 g/mol. The molecule has 1 saturated carbocycles. The number of hydrogen-bond acceptors (Lipinski definition) is 5. The van der Waals surface area contributed by atoms with E-state index in [1.54, 1.807) is 32.9 Å². The van der Waals surface area contributed by atoms with Crippen LogP contribution in [-0.2, 0) is 10.3 Å². The van der Waals surface area contributed by atoms with Gasteiger partial charge >= 0.3 is 6.09 Å². The van der Waals surface area contributed by atoms with Crippen LogP contribution in [0.1, 0.15) is 39.2 Å². The molecule has 1 aromatic rings. The molecule has 0 saturated heterocycles. The molecule has 0 radical (unpaired) electrons. The van der Waals surface area contributed by atoms with Crippen LogP contribution in [0.25, 0.3) is 0 Å². The second kappa shape index (κ2) is 5.68. The van der Waals surface area contributed by atoms with Crippen molar-refractivity contribution in [2.24, 2.45) is 0 Å². The first kappa shape index (κ1) is 16.4. The molecule has 3 N–H and O–H groups in total. The summed E-state index contributed by atoms with van der Waals surface area (Å²) >= 11 is 0. The summed E-state index contributed by atoms with van der Waals surface area (Å²) in [4.78, 5) is 11.9. The Bertz CT molecular complexity index is 574. The molecule has 0 spiro atoms. The van der Waals surface area contributed by atoms with Gasteiger partial charge in [0.25, 0.3) is 0 Å². The summed E-state index contributed by atoms with van der Waals surface area (Å²) in [7, 11) is 3.38. The molecule has 0 aliphatic heterocycles. The normalized spacial score (nSPS) is 16.0. The minimum Gasteiger partial charge on any atom is -0.503 e. The first-order chi connectivity index (χ1) is 10.2. The van der Waals surface area contributed by atoms with E-state index in [9.17, 15) is 9.90 Å². The van der Waals surface area contributed by atoms with E-state index in [1.807, 2.05) is 7.05 Å². The lowest BCUT2D eigenvalue weighted by atomic mass is 10.0. The fourth-order valence-corrected chi connectivity index (χ4v) is 2.36. The molecular formula is C16H24N2O4. The second-order valence-corrected chi connectivity index (χ2v) is 6.53. The van der Waals surface area contributed by atoms with Crippen molar-refractivity contribution < 1.29 is 19.4 Å². The zero-order valence-electron chi connectivity index (χ0n) is 13.7. The first-order valence-corrected chi connectivity index (χ1v) is 7.31. The molecule has 0 bridgehead atoms. The predicted molar refractivity (Wildman–Crippen MR) is 84.5 cm³/mol. The molecule has 2 rings (SSSR count). The van der Waals surface area contributed by atoms with Gasteiger partial charge in [0.05, 0.1) is 12.8 Å². The van der Waals surface area contributed by atoms with Crippen molar-refractivity contribution in [3.05, 3.63) is 17.7 Å². The molecule has 1 amide bonds. The van der Waals surface area contributed by atoms with E-state index in [1.165, 1.54) is 7.11 Å². The molecule has 1 aromatic carbocycles. The van der Waals surface area contributed by atoms with Gasteiger partial charge in [-0.05, 0) is 58.4 Å². The SMILES string of the molecule is CNC1(c2cc(NC(=O)OC(C)(C)C)c(O)c(OC)c2)CC1. The smallest absolute Gasteiger partial charge is 0.412 e. The average Bonchev–Trinajstić information content (AvgIpc) is 3.20. The summed E-state index contributed by atoms with van der Waals surface area (Å²) in [6, 6.07) is 3.55. The van der Waals surface area contributed by atoms with E-state index >= 15 is 0 Å². The largest absolute Gasteiger partial charge is 0.503 e. The number of amides is 1. The number of methoxy groups -OCH3 is 1. The third-order valence-electron chi connectivity index (χ3n) is 3.71. The number of aromatic hydroxyl groups is 1. The van der Waals surface area contributed by atoms with Gasteiger partial charge in [-0.3, -0.25) is 5.32 Å². The van der Waals surface area contributed by atoms with Gasteiger partial charge in [0.1, 0.15) is 5.60 Å². The zero-order valence-corrected chi connectivity index (χ0v) is 13.7. The Morgan fingerprint density at radius 1 is 1.32 bits per heavy atom. The number of phenolic OH excluding ortho intramolecular Hbond substituents is 1. The van der Waals surface area contributed by atoms with E-state index in [0.29, 0.717) is 5.75 Å². The van der Waals surface area contributed by atoms with Gasteiger partial charge in [-0.15, -0.1) is 0 Å². The van der Waals surface area contributed by atoms with E-state index in [0.717, 1.165) is 18.4 Å². The maximum Gasteiger partial charge on any atom is 0.412 e. The molecule has 22 heavy (non-hydrogen) atoms. The van der Waals surface area contributed by atoms with Crippen LogP contribution in [-0.4, -0.2) is 31.0 Å². The van der Waals surface area contributed by atoms with Gasteiger partial charge in [0.2, 0.25) is 0 Å². The minimum atomic E-state index is -0.615. The molecule has 1 fully saturated rings. The highest BCUT2D eigenvalue weighted by atomic mass is 16.6. The summed E-state index contributed by atoms with van der Waals surface area (Å²) in [5, 5.41) is 16.1. The number of rotatable bonds is 4. The van der Waals surface area contributed by atoms with Gasteiger partial charge in [0, 0.05) is 5.54 Å². The average molecular weight is 308 g/mol. The highest BCUT2D eigenvalue weighted by molar-refractivity contribution is 5.88. The summed E-state index contributed by atoms with van der Waals surface area (Å²) in [6.45, 7) is 5.34. The Kier molecular flexibility index (Phi) is 4.24. The molecule has 0 aromatic heterocycles. The molecule has 6 heteroatoms. The molecule has 0 unspecified atom stereocenters. The molecular weight excluding hydrogens is 284 g/mol. The van der Waals surface area contributed by atoms with Crippen LogP contribution in [0.3, 0.4) is 0 Å². The fraction of sp³-hybridized carbons (Fsp3) is 0.562. The number of benzene rings is 1. The Hall–Kier alpha value is -1.95. The lowest BCUT2D eigenvalue weighted by Gasteiger charge is -2.22. The van der Waals surface area contributed by atoms with Crippen LogP contribution >= 0.6 is 0 Å².